The third-order valence-corrected chi connectivity index (χ3v) is 3.94. The third kappa shape index (κ3) is 2.25. The summed E-state index contributed by atoms with van der Waals surface area (Å²) in [5.74, 6) is -0.729. The van der Waals surface area contributed by atoms with Gasteiger partial charge in [-0.3, -0.25) is 4.79 Å². The fraction of sp³-hybridized carbons (Fsp3) is 0. The van der Waals surface area contributed by atoms with Crippen molar-refractivity contribution in [1.29, 1.82) is 0 Å². The van der Waals surface area contributed by atoms with Crippen LogP contribution in [-0.4, -0.2) is 5.78 Å². The quantitative estimate of drug-likeness (QED) is 0.591. The molecule has 0 aliphatic rings. The Morgan fingerprint density at radius 1 is 1.20 bits per heavy atom. The molecular formula is C15H7BrClFO2. The average molecular weight is 354 g/mol. The Balaban J connectivity index is 2.10. The minimum absolute atomic E-state index is 0.128. The van der Waals surface area contributed by atoms with Gasteiger partial charge < -0.3 is 4.42 Å². The average Bonchev–Trinajstić information content (AvgIpc) is 2.84. The van der Waals surface area contributed by atoms with Crippen molar-refractivity contribution < 1.29 is 13.6 Å². The highest BCUT2D eigenvalue weighted by molar-refractivity contribution is 9.10. The lowest BCUT2D eigenvalue weighted by atomic mass is 10.1. The first-order valence-electron chi connectivity index (χ1n) is 5.74. The van der Waals surface area contributed by atoms with E-state index >= 15 is 0 Å². The van der Waals surface area contributed by atoms with E-state index in [1.54, 1.807) is 24.3 Å². The van der Waals surface area contributed by atoms with Gasteiger partial charge in [-0.05, 0) is 52.3 Å². The van der Waals surface area contributed by atoms with Crippen molar-refractivity contribution in [3.63, 3.8) is 0 Å². The Morgan fingerprint density at radius 3 is 2.80 bits per heavy atom. The van der Waals surface area contributed by atoms with Crippen molar-refractivity contribution in [1.82, 2.24) is 0 Å². The van der Waals surface area contributed by atoms with Crippen molar-refractivity contribution in [3.8, 4) is 0 Å². The van der Waals surface area contributed by atoms with Crippen LogP contribution < -0.4 is 0 Å². The molecular weight excluding hydrogens is 347 g/mol. The zero-order valence-corrected chi connectivity index (χ0v) is 12.3. The monoisotopic (exact) mass is 352 g/mol. The van der Waals surface area contributed by atoms with Gasteiger partial charge in [0, 0.05) is 16.0 Å². The summed E-state index contributed by atoms with van der Waals surface area (Å²) in [4.78, 5) is 12.4. The predicted molar refractivity (Wildman–Crippen MR) is 78.8 cm³/mol. The van der Waals surface area contributed by atoms with Gasteiger partial charge in [0.1, 0.15) is 11.4 Å². The Bertz CT molecular complexity index is 826. The highest BCUT2D eigenvalue weighted by atomic mass is 79.9. The number of benzene rings is 2. The van der Waals surface area contributed by atoms with E-state index in [9.17, 15) is 9.18 Å². The third-order valence-electron chi connectivity index (χ3n) is 2.90. The van der Waals surface area contributed by atoms with Crippen LogP contribution in [0.2, 0.25) is 5.02 Å². The maximum atomic E-state index is 13.5. The molecule has 0 atom stereocenters. The fourth-order valence-electron chi connectivity index (χ4n) is 1.94. The van der Waals surface area contributed by atoms with Gasteiger partial charge in [0.15, 0.2) is 5.76 Å². The summed E-state index contributed by atoms with van der Waals surface area (Å²) in [6, 6.07) is 11.0. The normalized spacial score (nSPS) is 10.9. The van der Waals surface area contributed by atoms with Crippen LogP contribution in [0, 0.1) is 5.82 Å². The molecule has 0 N–H and O–H groups in total. The van der Waals surface area contributed by atoms with E-state index in [0.717, 1.165) is 5.39 Å². The van der Waals surface area contributed by atoms with E-state index in [4.69, 9.17) is 16.0 Å². The van der Waals surface area contributed by atoms with Gasteiger partial charge >= 0.3 is 0 Å². The number of hydrogen-bond acceptors (Lipinski definition) is 2. The summed E-state index contributed by atoms with van der Waals surface area (Å²) in [7, 11) is 0. The molecule has 5 heteroatoms. The number of hydrogen-bond donors (Lipinski definition) is 0. The van der Waals surface area contributed by atoms with Crippen LogP contribution in [0.3, 0.4) is 0 Å². The molecule has 0 unspecified atom stereocenters. The van der Waals surface area contributed by atoms with Crippen LogP contribution >= 0.6 is 27.5 Å². The van der Waals surface area contributed by atoms with E-state index in [2.05, 4.69) is 15.9 Å². The predicted octanol–water partition coefficient (Wildman–Crippen LogP) is 5.22. The summed E-state index contributed by atoms with van der Waals surface area (Å²) < 4.78 is 19.1. The van der Waals surface area contributed by atoms with Crippen LogP contribution in [-0.2, 0) is 0 Å². The van der Waals surface area contributed by atoms with Gasteiger partial charge in [-0.1, -0.05) is 17.7 Å². The highest BCUT2D eigenvalue weighted by Crippen LogP contribution is 2.27. The minimum atomic E-state index is -0.491. The maximum absolute atomic E-state index is 13.5. The van der Waals surface area contributed by atoms with Gasteiger partial charge in [0.25, 0.3) is 0 Å². The van der Waals surface area contributed by atoms with Gasteiger partial charge in [-0.25, -0.2) is 4.39 Å². The van der Waals surface area contributed by atoms with E-state index < -0.39 is 5.82 Å². The van der Waals surface area contributed by atoms with Crippen LogP contribution in [0.1, 0.15) is 16.1 Å². The largest absolute Gasteiger partial charge is 0.453 e. The molecule has 3 rings (SSSR count). The molecule has 100 valence electrons. The molecule has 0 aliphatic carbocycles. The first-order valence-corrected chi connectivity index (χ1v) is 6.91. The lowest BCUT2D eigenvalue weighted by molar-refractivity contribution is 0.101. The smallest absolute Gasteiger partial charge is 0.229 e. The molecule has 3 aromatic rings. The molecule has 0 bridgehead atoms. The molecule has 20 heavy (non-hydrogen) atoms. The summed E-state index contributed by atoms with van der Waals surface area (Å²) in [6.45, 7) is 0. The highest BCUT2D eigenvalue weighted by Gasteiger charge is 2.18. The van der Waals surface area contributed by atoms with Crippen LogP contribution in [0.25, 0.3) is 11.0 Å². The maximum Gasteiger partial charge on any atom is 0.229 e. The number of ketones is 1. The molecule has 2 aromatic carbocycles. The summed E-state index contributed by atoms with van der Waals surface area (Å²) >= 11 is 8.96. The molecule has 0 aliphatic heterocycles. The lowest BCUT2D eigenvalue weighted by Gasteiger charge is -2.01. The van der Waals surface area contributed by atoms with E-state index in [1.165, 1.54) is 18.2 Å². The van der Waals surface area contributed by atoms with E-state index in [-0.39, 0.29) is 21.6 Å². The van der Waals surface area contributed by atoms with Crippen molar-refractivity contribution in [2.75, 3.05) is 0 Å². The zero-order chi connectivity index (χ0) is 14.3. The van der Waals surface area contributed by atoms with Crippen LogP contribution in [0.5, 0.6) is 0 Å². The first-order chi connectivity index (χ1) is 9.56. The number of halogens is 3. The SMILES string of the molecule is O=C(c1cc2cc(Cl)ccc2o1)c1cccc(F)c1Br. The van der Waals surface area contributed by atoms with Crippen molar-refractivity contribution in [3.05, 3.63) is 69.1 Å². The number of carbonyl (C=O) groups is 1. The number of furan rings is 1. The number of rotatable bonds is 2. The Kier molecular flexibility index (Phi) is 3.36. The van der Waals surface area contributed by atoms with Gasteiger partial charge in [-0.15, -0.1) is 0 Å². The summed E-state index contributed by atoms with van der Waals surface area (Å²) in [5.41, 5.74) is 0.778. The molecule has 1 aromatic heterocycles. The molecule has 0 radical (unpaired) electrons. The van der Waals surface area contributed by atoms with Gasteiger partial charge in [0.2, 0.25) is 5.78 Å². The number of carbonyl (C=O) groups excluding carboxylic acids is 1. The Hall–Kier alpha value is -1.65. The van der Waals surface area contributed by atoms with Crippen molar-refractivity contribution in [2.45, 2.75) is 0 Å². The van der Waals surface area contributed by atoms with E-state index in [0.29, 0.717) is 10.6 Å². The summed E-state index contributed by atoms with van der Waals surface area (Å²) in [6.07, 6.45) is 0. The van der Waals surface area contributed by atoms with Crippen LogP contribution in [0.4, 0.5) is 4.39 Å². The fourth-order valence-corrected chi connectivity index (χ4v) is 2.56. The Labute approximate surface area is 127 Å². The Morgan fingerprint density at radius 2 is 2.00 bits per heavy atom. The van der Waals surface area contributed by atoms with Crippen LogP contribution in [0.15, 0.2) is 51.4 Å². The second-order valence-electron chi connectivity index (χ2n) is 4.22. The second kappa shape index (κ2) is 5.04. The molecule has 0 saturated carbocycles. The first kappa shape index (κ1) is 13.3. The standard InChI is InChI=1S/C15H7BrClFO2/c16-14-10(2-1-3-11(14)18)15(19)13-7-8-6-9(17)4-5-12(8)20-13/h1-7H. The lowest BCUT2D eigenvalue weighted by Crippen LogP contribution is -2.01. The molecule has 2 nitrogen and oxygen atoms in total. The number of fused-ring (bicyclic) bond motifs is 1. The second-order valence-corrected chi connectivity index (χ2v) is 5.45. The van der Waals surface area contributed by atoms with E-state index in [1.807, 2.05) is 0 Å². The molecule has 0 spiro atoms. The van der Waals surface area contributed by atoms with Crippen molar-refractivity contribution >= 4 is 44.3 Å². The molecule has 1 heterocycles. The van der Waals surface area contributed by atoms with Crippen molar-refractivity contribution in [2.24, 2.45) is 0 Å². The molecule has 0 amide bonds. The minimum Gasteiger partial charge on any atom is -0.453 e. The zero-order valence-electron chi connectivity index (χ0n) is 9.99. The molecule has 0 saturated heterocycles. The molecule has 0 fully saturated rings. The topological polar surface area (TPSA) is 30.2 Å². The van der Waals surface area contributed by atoms with Gasteiger partial charge in [-0.2, -0.15) is 0 Å². The summed E-state index contributed by atoms with van der Waals surface area (Å²) in [5, 5.41) is 1.29. The van der Waals surface area contributed by atoms with Gasteiger partial charge in [0.05, 0.1) is 4.47 Å².